The first-order valence-corrected chi connectivity index (χ1v) is 14.4. The van der Waals surface area contributed by atoms with Crippen LogP contribution >= 0.6 is 0 Å². The van der Waals surface area contributed by atoms with Crippen LogP contribution in [0.3, 0.4) is 0 Å². The number of carbonyl (C=O) groups excluding carboxylic acids is 1. The van der Waals surface area contributed by atoms with Gasteiger partial charge >= 0.3 is 0 Å². The fourth-order valence-corrected chi connectivity index (χ4v) is 5.62. The van der Waals surface area contributed by atoms with Crippen LogP contribution in [-0.4, -0.2) is 59.5 Å². The predicted octanol–water partition coefficient (Wildman–Crippen LogP) is 3.05. The van der Waals surface area contributed by atoms with Gasteiger partial charge in [0, 0.05) is 25.8 Å². The maximum Gasteiger partial charge on any atom is 0.265 e. The first-order valence-electron chi connectivity index (χ1n) is 11.1. The standard InChI is InChI=1S/C23H31N3O6S2/c1-4-22(32-20-12-10-19(11-13-20)25(2)33(3,28)29)23(27)24-18-8-14-21(15-9-18)34(30,31)26-16-6-5-7-17-26/h8-15,22H,4-7,16-17H2,1-3H3,(H,24,27)/t22-/m1/s1. The van der Waals surface area contributed by atoms with Crippen LogP contribution in [0, 0.1) is 0 Å². The summed E-state index contributed by atoms with van der Waals surface area (Å²) in [5.41, 5.74) is 0.946. The number of hydrogen-bond acceptors (Lipinski definition) is 6. The van der Waals surface area contributed by atoms with E-state index in [-0.39, 0.29) is 10.8 Å². The van der Waals surface area contributed by atoms with Gasteiger partial charge in [-0.05, 0) is 67.8 Å². The van der Waals surface area contributed by atoms with Crippen LogP contribution in [-0.2, 0) is 24.8 Å². The predicted molar refractivity (Wildman–Crippen MR) is 132 cm³/mol. The summed E-state index contributed by atoms with van der Waals surface area (Å²) in [6.07, 6.45) is 3.50. The van der Waals surface area contributed by atoms with Gasteiger partial charge in [-0.1, -0.05) is 13.3 Å². The minimum Gasteiger partial charge on any atom is -0.481 e. The van der Waals surface area contributed by atoms with Gasteiger partial charge in [-0.15, -0.1) is 0 Å². The average Bonchev–Trinajstić information content (AvgIpc) is 2.82. The summed E-state index contributed by atoms with van der Waals surface area (Å²) in [6.45, 7) is 2.87. The molecule has 1 atom stereocenters. The van der Waals surface area contributed by atoms with Gasteiger partial charge in [-0.2, -0.15) is 4.31 Å². The summed E-state index contributed by atoms with van der Waals surface area (Å²) < 4.78 is 57.3. The van der Waals surface area contributed by atoms with Gasteiger partial charge in [0.1, 0.15) is 5.75 Å². The van der Waals surface area contributed by atoms with E-state index in [0.29, 0.717) is 36.6 Å². The highest BCUT2D eigenvalue weighted by molar-refractivity contribution is 7.92. The Morgan fingerprint density at radius 3 is 2.12 bits per heavy atom. The third-order valence-corrected chi connectivity index (χ3v) is 8.83. The van der Waals surface area contributed by atoms with Crippen LogP contribution in [0.4, 0.5) is 11.4 Å². The van der Waals surface area contributed by atoms with Gasteiger partial charge in [0.2, 0.25) is 20.0 Å². The number of amides is 1. The molecule has 186 valence electrons. The highest BCUT2D eigenvalue weighted by Gasteiger charge is 2.26. The molecule has 1 amide bonds. The van der Waals surface area contributed by atoms with Gasteiger partial charge < -0.3 is 10.1 Å². The van der Waals surface area contributed by atoms with E-state index in [4.69, 9.17) is 4.74 Å². The van der Waals surface area contributed by atoms with Gasteiger partial charge in [0.15, 0.2) is 6.10 Å². The molecular weight excluding hydrogens is 478 g/mol. The SMILES string of the molecule is CC[C@@H](Oc1ccc(N(C)S(C)(=O)=O)cc1)C(=O)Nc1ccc(S(=O)(=O)N2CCCCC2)cc1. The van der Waals surface area contributed by atoms with Crippen molar-refractivity contribution >= 4 is 37.3 Å². The van der Waals surface area contributed by atoms with Crippen molar-refractivity contribution in [3.8, 4) is 5.75 Å². The maximum absolute atomic E-state index is 12.8. The Balaban J connectivity index is 1.63. The molecule has 1 heterocycles. The zero-order valence-corrected chi connectivity index (χ0v) is 21.2. The lowest BCUT2D eigenvalue weighted by atomic mass is 10.2. The van der Waals surface area contributed by atoms with Crippen molar-refractivity contribution in [2.45, 2.75) is 43.6 Å². The molecule has 11 heteroatoms. The zero-order chi connectivity index (χ0) is 24.9. The first kappa shape index (κ1) is 26.0. The van der Waals surface area contributed by atoms with Gasteiger partial charge in [-0.25, -0.2) is 16.8 Å². The monoisotopic (exact) mass is 509 g/mol. The Morgan fingerprint density at radius 1 is 1.00 bits per heavy atom. The number of piperidine rings is 1. The second-order valence-electron chi connectivity index (χ2n) is 8.22. The number of nitrogens with zero attached hydrogens (tertiary/aromatic N) is 2. The van der Waals surface area contributed by atoms with Crippen LogP contribution in [0.25, 0.3) is 0 Å². The van der Waals surface area contributed by atoms with Crippen LogP contribution in [0.2, 0.25) is 0 Å². The van der Waals surface area contributed by atoms with Crippen molar-refractivity contribution in [1.29, 1.82) is 0 Å². The van der Waals surface area contributed by atoms with Crippen molar-refractivity contribution in [2.24, 2.45) is 0 Å². The Bertz CT molecular complexity index is 1190. The number of rotatable bonds is 9. The van der Waals surface area contributed by atoms with Gasteiger partial charge in [0.25, 0.3) is 5.91 Å². The van der Waals surface area contributed by atoms with Crippen LogP contribution in [0.1, 0.15) is 32.6 Å². The van der Waals surface area contributed by atoms with Crippen LogP contribution in [0.5, 0.6) is 5.75 Å². The fourth-order valence-electron chi connectivity index (χ4n) is 3.60. The second kappa shape index (κ2) is 10.7. The van der Waals surface area contributed by atoms with Crippen molar-refractivity contribution in [3.05, 3.63) is 48.5 Å². The smallest absolute Gasteiger partial charge is 0.265 e. The van der Waals surface area contributed by atoms with E-state index in [9.17, 15) is 21.6 Å². The minimum absolute atomic E-state index is 0.204. The summed E-state index contributed by atoms with van der Waals surface area (Å²) in [5, 5.41) is 2.76. The summed E-state index contributed by atoms with van der Waals surface area (Å²) in [7, 11) is -5.45. The van der Waals surface area contributed by atoms with Crippen LogP contribution in [0.15, 0.2) is 53.4 Å². The lowest BCUT2D eigenvalue weighted by Crippen LogP contribution is -2.35. The molecule has 3 rings (SSSR count). The topological polar surface area (TPSA) is 113 Å². The molecule has 0 radical (unpaired) electrons. The van der Waals surface area contributed by atoms with E-state index in [1.54, 1.807) is 36.4 Å². The summed E-state index contributed by atoms with van der Waals surface area (Å²) in [5.74, 6) is 0.0575. The number of sulfonamides is 2. The summed E-state index contributed by atoms with van der Waals surface area (Å²) in [4.78, 5) is 12.9. The molecule has 0 bridgehead atoms. The summed E-state index contributed by atoms with van der Waals surface area (Å²) >= 11 is 0. The first-order chi connectivity index (χ1) is 16.0. The molecule has 9 nitrogen and oxygen atoms in total. The maximum atomic E-state index is 12.8. The largest absolute Gasteiger partial charge is 0.481 e. The molecule has 1 N–H and O–H groups in total. The third-order valence-electron chi connectivity index (χ3n) is 5.71. The molecule has 1 saturated heterocycles. The zero-order valence-electron chi connectivity index (χ0n) is 19.6. The lowest BCUT2D eigenvalue weighted by molar-refractivity contribution is -0.122. The minimum atomic E-state index is -3.53. The molecule has 0 spiro atoms. The van der Waals surface area contributed by atoms with Crippen molar-refractivity contribution in [1.82, 2.24) is 4.31 Å². The molecule has 1 aliphatic rings. The molecule has 0 aromatic heterocycles. The van der Waals surface area contributed by atoms with E-state index >= 15 is 0 Å². The molecule has 1 aliphatic heterocycles. The van der Waals surface area contributed by atoms with Gasteiger partial charge in [-0.3, -0.25) is 9.10 Å². The second-order valence-corrected chi connectivity index (χ2v) is 12.2. The van der Waals surface area contributed by atoms with E-state index in [2.05, 4.69) is 5.32 Å². The fraction of sp³-hybridized carbons (Fsp3) is 0.435. The van der Waals surface area contributed by atoms with Crippen molar-refractivity contribution < 1.29 is 26.4 Å². The van der Waals surface area contributed by atoms with Crippen molar-refractivity contribution in [2.75, 3.05) is 36.0 Å². The van der Waals surface area contributed by atoms with E-state index < -0.39 is 26.2 Å². The highest BCUT2D eigenvalue weighted by atomic mass is 32.2. The normalized spacial score (nSPS) is 16.0. The van der Waals surface area contributed by atoms with Crippen molar-refractivity contribution in [3.63, 3.8) is 0 Å². The Hall–Kier alpha value is -2.63. The number of hydrogen-bond donors (Lipinski definition) is 1. The molecule has 0 saturated carbocycles. The molecule has 2 aromatic rings. The molecule has 34 heavy (non-hydrogen) atoms. The third kappa shape index (κ3) is 6.28. The Kier molecular flexibility index (Phi) is 8.21. The highest BCUT2D eigenvalue weighted by Crippen LogP contribution is 2.24. The van der Waals surface area contributed by atoms with E-state index in [1.807, 2.05) is 6.92 Å². The lowest BCUT2D eigenvalue weighted by Gasteiger charge is -2.26. The quantitative estimate of drug-likeness (QED) is 0.556. The average molecular weight is 510 g/mol. The molecule has 0 unspecified atom stereocenters. The number of benzene rings is 2. The van der Waals surface area contributed by atoms with Gasteiger partial charge in [0.05, 0.1) is 16.8 Å². The molecule has 1 fully saturated rings. The van der Waals surface area contributed by atoms with E-state index in [1.165, 1.54) is 23.5 Å². The molecular formula is C23H31N3O6S2. The van der Waals surface area contributed by atoms with Crippen LogP contribution < -0.4 is 14.4 Å². The number of carbonyl (C=O) groups is 1. The number of nitrogens with one attached hydrogen (secondary N) is 1. The summed E-state index contributed by atoms with van der Waals surface area (Å²) in [6, 6.07) is 12.5. The van der Waals surface area contributed by atoms with E-state index in [0.717, 1.165) is 29.8 Å². The number of ether oxygens (including phenoxy) is 1. The molecule has 0 aliphatic carbocycles. The Labute approximate surface area is 201 Å². The number of anilines is 2. The molecule has 2 aromatic carbocycles. The Morgan fingerprint density at radius 2 is 1.59 bits per heavy atom.